The van der Waals surface area contributed by atoms with Gasteiger partial charge in [0.15, 0.2) is 0 Å². The van der Waals surface area contributed by atoms with E-state index in [0.717, 1.165) is 12.3 Å². The molecule has 0 bridgehead atoms. The molecule has 0 spiro atoms. The average Bonchev–Trinajstić information content (AvgIpc) is 2.17. The van der Waals surface area contributed by atoms with Gasteiger partial charge in [-0.25, -0.2) is 0 Å². The summed E-state index contributed by atoms with van der Waals surface area (Å²) >= 11 is 0. The lowest BCUT2D eigenvalue weighted by Gasteiger charge is -2.10. The topological polar surface area (TPSA) is 21.3 Å². The Bertz CT molecular complexity index is 307. The average molecular weight is 191 g/mol. The molecule has 76 valence electrons. The molecule has 1 rings (SSSR count). The Hall–Kier alpha value is -1.28. The molecule has 1 aromatic rings. The predicted molar refractivity (Wildman–Crippen MR) is 59.6 cm³/mol. The smallest absolute Gasteiger partial charge is 0.124 e. The molecule has 2 nitrogen and oxygen atoms in total. The first kappa shape index (κ1) is 10.8. The molecule has 0 aliphatic rings. The van der Waals surface area contributed by atoms with Crippen molar-refractivity contribution in [2.45, 2.75) is 13.5 Å². The molecule has 0 heterocycles. The van der Waals surface area contributed by atoms with E-state index < -0.39 is 0 Å². The molecule has 2 heteroatoms. The van der Waals surface area contributed by atoms with Crippen LogP contribution in [0.5, 0.6) is 5.75 Å². The molecule has 0 aromatic heterocycles. The zero-order valence-corrected chi connectivity index (χ0v) is 8.84. The second kappa shape index (κ2) is 5.45. The molecule has 0 atom stereocenters. The first-order chi connectivity index (χ1) is 6.77. The van der Waals surface area contributed by atoms with Crippen LogP contribution in [-0.4, -0.2) is 13.7 Å². The Balaban J connectivity index is 2.83. The highest BCUT2D eigenvalue weighted by molar-refractivity contribution is 5.36. The van der Waals surface area contributed by atoms with Crippen molar-refractivity contribution in [2.24, 2.45) is 0 Å². The highest BCUT2D eigenvalue weighted by Gasteiger charge is 2.01. The fraction of sp³-hybridized carbons (Fsp3) is 0.333. The van der Waals surface area contributed by atoms with Gasteiger partial charge in [-0.15, -0.1) is 0 Å². The minimum Gasteiger partial charge on any atom is -0.489 e. The van der Waals surface area contributed by atoms with Gasteiger partial charge in [-0.3, -0.25) is 0 Å². The molecular formula is C12H17NO. The Morgan fingerprint density at radius 2 is 2.29 bits per heavy atom. The fourth-order valence-electron chi connectivity index (χ4n) is 1.33. The van der Waals surface area contributed by atoms with Crippen LogP contribution in [0.4, 0.5) is 0 Å². The van der Waals surface area contributed by atoms with Gasteiger partial charge in [0.2, 0.25) is 0 Å². The number of aryl methyl sites for hydroxylation is 1. The quantitative estimate of drug-likeness (QED) is 0.721. The SMILES string of the molecule is C=CCOc1ccc(C)cc1CNC. The highest BCUT2D eigenvalue weighted by atomic mass is 16.5. The second-order valence-electron chi connectivity index (χ2n) is 3.24. The Kier molecular flexibility index (Phi) is 4.20. The highest BCUT2D eigenvalue weighted by Crippen LogP contribution is 2.19. The summed E-state index contributed by atoms with van der Waals surface area (Å²) in [5.74, 6) is 0.935. The minimum absolute atomic E-state index is 0.555. The van der Waals surface area contributed by atoms with Crippen molar-refractivity contribution < 1.29 is 4.74 Å². The number of rotatable bonds is 5. The lowest BCUT2D eigenvalue weighted by atomic mass is 10.1. The maximum Gasteiger partial charge on any atom is 0.124 e. The van der Waals surface area contributed by atoms with Crippen molar-refractivity contribution in [2.75, 3.05) is 13.7 Å². The molecular weight excluding hydrogens is 174 g/mol. The predicted octanol–water partition coefficient (Wildman–Crippen LogP) is 2.28. The van der Waals surface area contributed by atoms with E-state index in [1.807, 2.05) is 13.1 Å². The van der Waals surface area contributed by atoms with Crippen LogP contribution in [-0.2, 0) is 6.54 Å². The van der Waals surface area contributed by atoms with Gasteiger partial charge in [0, 0.05) is 12.1 Å². The van der Waals surface area contributed by atoms with Crippen molar-refractivity contribution >= 4 is 0 Å². The number of hydrogen-bond acceptors (Lipinski definition) is 2. The zero-order chi connectivity index (χ0) is 10.4. The summed E-state index contributed by atoms with van der Waals surface area (Å²) in [5, 5.41) is 3.12. The number of nitrogens with one attached hydrogen (secondary N) is 1. The number of hydrogen-bond donors (Lipinski definition) is 1. The van der Waals surface area contributed by atoms with Gasteiger partial charge in [-0.1, -0.05) is 30.4 Å². The summed E-state index contributed by atoms with van der Waals surface area (Å²) in [5.41, 5.74) is 2.44. The summed E-state index contributed by atoms with van der Waals surface area (Å²) in [6, 6.07) is 6.19. The molecule has 0 radical (unpaired) electrons. The standard InChI is InChI=1S/C12H17NO/c1-4-7-14-12-6-5-10(2)8-11(12)9-13-3/h4-6,8,13H,1,7,9H2,2-3H3. The van der Waals surface area contributed by atoms with Crippen molar-refractivity contribution in [1.29, 1.82) is 0 Å². The lowest BCUT2D eigenvalue weighted by Crippen LogP contribution is -2.07. The summed E-state index contributed by atoms with van der Waals surface area (Å²) < 4.78 is 5.54. The molecule has 0 amide bonds. The van der Waals surface area contributed by atoms with E-state index in [2.05, 4.69) is 31.0 Å². The third-order valence-electron chi connectivity index (χ3n) is 1.94. The normalized spacial score (nSPS) is 9.86. The first-order valence-electron chi connectivity index (χ1n) is 4.75. The van der Waals surface area contributed by atoms with Crippen LogP contribution in [0.3, 0.4) is 0 Å². The Labute approximate surface area is 85.6 Å². The van der Waals surface area contributed by atoms with Crippen molar-refractivity contribution in [3.8, 4) is 5.75 Å². The molecule has 14 heavy (non-hydrogen) atoms. The van der Waals surface area contributed by atoms with Crippen molar-refractivity contribution in [3.05, 3.63) is 42.0 Å². The van der Waals surface area contributed by atoms with E-state index in [1.165, 1.54) is 11.1 Å². The Morgan fingerprint density at radius 1 is 1.50 bits per heavy atom. The van der Waals surface area contributed by atoms with Gasteiger partial charge in [-0.2, -0.15) is 0 Å². The summed E-state index contributed by atoms with van der Waals surface area (Å²) in [7, 11) is 1.93. The number of benzene rings is 1. The molecule has 0 unspecified atom stereocenters. The van der Waals surface area contributed by atoms with E-state index in [0.29, 0.717) is 6.61 Å². The molecule has 1 aromatic carbocycles. The maximum atomic E-state index is 5.54. The van der Waals surface area contributed by atoms with Gasteiger partial charge >= 0.3 is 0 Å². The third kappa shape index (κ3) is 2.89. The maximum absolute atomic E-state index is 5.54. The van der Waals surface area contributed by atoms with E-state index in [1.54, 1.807) is 6.08 Å². The summed E-state index contributed by atoms with van der Waals surface area (Å²) in [4.78, 5) is 0. The summed E-state index contributed by atoms with van der Waals surface area (Å²) in [6.45, 7) is 7.09. The van der Waals surface area contributed by atoms with E-state index >= 15 is 0 Å². The van der Waals surface area contributed by atoms with Crippen LogP contribution in [0, 0.1) is 6.92 Å². The minimum atomic E-state index is 0.555. The zero-order valence-electron chi connectivity index (χ0n) is 8.84. The van der Waals surface area contributed by atoms with E-state index in [9.17, 15) is 0 Å². The molecule has 0 fully saturated rings. The molecule has 0 saturated carbocycles. The van der Waals surface area contributed by atoms with Crippen LogP contribution in [0.15, 0.2) is 30.9 Å². The fourth-order valence-corrected chi connectivity index (χ4v) is 1.33. The van der Waals surface area contributed by atoms with E-state index in [-0.39, 0.29) is 0 Å². The third-order valence-corrected chi connectivity index (χ3v) is 1.94. The van der Waals surface area contributed by atoms with Gasteiger partial charge < -0.3 is 10.1 Å². The Morgan fingerprint density at radius 3 is 2.93 bits per heavy atom. The van der Waals surface area contributed by atoms with Crippen LogP contribution in [0.1, 0.15) is 11.1 Å². The van der Waals surface area contributed by atoms with Crippen molar-refractivity contribution in [1.82, 2.24) is 5.32 Å². The van der Waals surface area contributed by atoms with Crippen LogP contribution in [0.2, 0.25) is 0 Å². The number of ether oxygens (including phenoxy) is 1. The van der Waals surface area contributed by atoms with Gasteiger partial charge in [0.25, 0.3) is 0 Å². The largest absolute Gasteiger partial charge is 0.489 e. The first-order valence-corrected chi connectivity index (χ1v) is 4.75. The van der Waals surface area contributed by atoms with Gasteiger partial charge in [0.05, 0.1) is 0 Å². The monoisotopic (exact) mass is 191 g/mol. The molecule has 0 aliphatic heterocycles. The molecule has 0 saturated heterocycles. The van der Waals surface area contributed by atoms with Crippen molar-refractivity contribution in [3.63, 3.8) is 0 Å². The van der Waals surface area contributed by atoms with Crippen LogP contribution < -0.4 is 10.1 Å². The molecule has 0 aliphatic carbocycles. The summed E-state index contributed by atoms with van der Waals surface area (Å²) in [6.07, 6.45) is 1.75. The second-order valence-corrected chi connectivity index (χ2v) is 3.24. The van der Waals surface area contributed by atoms with Gasteiger partial charge in [-0.05, 0) is 20.0 Å². The van der Waals surface area contributed by atoms with Crippen LogP contribution >= 0.6 is 0 Å². The lowest BCUT2D eigenvalue weighted by molar-refractivity contribution is 0.358. The van der Waals surface area contributed by atoms with Gasteiger partial charge in [0.1, 0.15) is 12.4 Å². The van der Waals surface area contributed by atoms with E-state index in [4.69, 9.17) is 4.74 Å². The molecule has 1 N–H and O–H groups in total. The van der Waals surface area contributed by atoms with Crippen LogP contribution in [0.25, 0.3) is 0 Å².